The van der Waals surface area contributed by atoms with Gasteiger partial charge in [-0.05, 0) is 31.1 Å². The monoisotopic (exact) mass is 241 g/mol. The highest BCUT2D eigenvalue weighted by Crippen LogP contribution is 2.20. The van der Waals surface area contributed by atoms with Crippen molar-refractivity contribution in [2.45, 2.75) is 39.5 Å². The predicted molar refractivity (Wildman–Crippen MR) is 72.2 cm³/mol. The van der Waals surface area contributed by atoms with Gasteiger partial charge in [-0.2, -0.15) is 0 Å². The van der Waals surface area contributed by atoms with Gasteiger partial charge in [0.15, 0.2) is 5.96 Å². The molecule has 0 aromatic rings. The second-order valence-electron chi connectivity index (χ2n) is 5.63. The molecular formula is C13H27N3O. The van der Waals surface area contributed by atoms with E-state index >= 15 is 0 Å². The van der Waals surface area contributed by atoms with Crippen LogP contribution >= 0.6 is 0 Å². The molecule has 4 nitrogen and oxygen atoms in total. The van der Waals surface area contributed by atoms with Gasteiger partial charge in [0.1, 0.15) is 0 Å². The fourth-order valence-corrected chi connectivity index (χ4v) is 1.98. The minimum Gasteiger partial charge on any atom is -0.385 e. The third-order valence-corrected chi connectivity index (χ3v) is 3.33. The highest BCUT2D eigenvalue weighted by atomic mass is 16.5. The van der Waals surface area contributed by atoms with Crippen LogP contribution in [0.4, 0.5) is 0 Å². The summed E-state index contributed by atoms with van der Waals surface area (Å²) in [5.74, 6) is 0.718. The van der Waals surface area contributed by atoms with Gasteiger partial charge in [0.2, 0.25) is 0 Å². The average Bonchev–Trinajstić information content (AvgIpc) is 2.35. The topological polar surface area (TPSA) is 50.9 Å². The fraction of sp³-hybridized carbons (Fsp3) is 0.923. The molecule has 0 bridgehead atoms. The molecule has 1 rings (SSSR count). The molecule has 0 aromatic carbocycles. The van der Waals surface area contributed by atoms with Crippen molar-refractivity contribution in [2.24, 2.45) is 16.1 Å². The number of piperidine rings is 1. The highest BCUT2D eigenvalue weighted by molar-refractivity contribution is 5.78. The minimum atomic E-state index is 0.163. The van der Waals surface area contributed by atoms with E-state index < -0.39 is 0 Å². The standard InChI is InChI=1S/C13H27N3O/c1-13(2,7-10-17-3)11-15-12(14)16-8-5-4-6-9-16/h4-11H2,1-3H3,(H2,14,15). The van der Waals surface area contributed by atoms with Gasteiger partial charge >= 0.3 is 0 Å². The number of aliphatic imine (C=N–C) groups is 1. The number of rotatable bonds is 5. The number of hydrogen-bond acceptors (Lipinski definition) is 2. The van der Waals surface area contributed by atoms with Gasteiger partial charge < -0.3 is 15.4 Å². The molecule has 0 unspecified atom stereocenters. The van der Waals surface area contributed by atoms with Crippen molar-refractivity contribution in [2.75, 3.05) is 33.4 Å². The Morgan fingerprint density at radius 2 is 1.94 bits per heavy atom. The van der Waals surface area contributed by atoms with Crippen molar-refractivity contribution in [3.8, 4) is 0 Å². The minimum absolute atomic E-state index is 0.163. The molecule has 1 fully saturated rings. The van der Waals surface area contributed by atoms with Crippen molar-refractivity contribution in [1.29, 1.82) is 0 Å². The van der Waals surface area contributed by atoms with Crippen LogP contribution in [0.3, 0.4) is 0 Å². The maximum Gasteiger partial charge on any atom is 0.191 e. The van der Waals surface area contributed by atoms with E-state index in [4.69, 9.17) is 10.5 Å². The maximum atomic E-state index is 6.03. The Morgan fingerprint density at radius 1 is 1.29 bits per heavy atom. The van der Waals surface area contributed by atoms with E-state index in [1.165, 1.54) is 19.3 Å². The van der Waals surface area contributed by atoms with E-state index in [2.05, 4.69) is 23.7 Å². The molecule has 1 saturated heterocycles. The van der Waals surface area contributed by atoms with Crippen molar-refractivity contribution in [3.63, 3.8) is 0 Å². The molecule has 1 aliphatic heterocycles. The SMILES string of the molecule is COCCC(C)(C)CN=C(N)N1CCCCC1. The third-order valence-electron chi connectivity index (χ3n) is 3.33. The Balaban J connectivity index is 2.39. The molecule has 0 aromatic heterocycles. The summed E-state index contributed by atoms with van der Waals surface area (Å²) in [6.07, 6.45) is 4.82. The largest absolute Gasteiger partial charge is 0.385 e. The summed E-state index contributed by atoms with van der Waals surface area (Å²) in [4.78, 5) is 6.74. The van der Waals surface area contributed by atoms with E-state index in [9.17, 15) is 0 Å². The number of ether oxygens (including phenoxy) is 1. The summed E-state index contributed by atoms with van der Waals surface area (Å²) in [5.41, 5.74) is 6.19. The maximum absolute atomic E-state index is 6.03. The van der Waals surface area contributed by atoms with E-state index in [0.29, 0.717) is 0 Å². The lowest BCUT2D eigenvalue weighted by Crippen LogP contribution is -2.41. The molecule has 2 N–H and O–H groups in total. The Labute approximate surface area is 105 Å². The smallest absolute Gasteiger partial charge is 0.191 e. The Hall–Kier alpha value is -0.770. The number of nitrogens with zero attached hydrogens (tertiary/aromatic N) is 2. The number of hydrogen-bond donors (Lipinski definition) is 1. The van der Waals surface area contributed by atoms with Gasteiger partial charge in [-0.3, -0.25) is 4.99 Å². The third kappa shape index (κ3) is 5.39. The van der Waals surface area contributed by atoms with Crippen LogP contribution in [0, 0.1) is 5.41 Å². The van der Waals surface area contributed by atoms with Gasteiger partial charge in [-0.25, -0.2) is 0 Å². The van der Waals surface area contributed by atoms with Gasteiger partial charge in [0.05, 0.1) is 0 Å². The van der Waals surface area contributed by atoms with Gasteiger partial charge in [-0.1, -0.05) is 13.8 Å². The van der Waals surface area contributed by atoms with Crippen molar-refractivity contribution < 1.29 is 4.74 Å². The number of nitrogens with two attached hydrogens (primary N) is 1. The fourth-order valence-electron chi connectivity index (χ4n) is 1.98. The first kappa shape index (κ1) is 14.3. The molecule has 17 heavy (non-hydrogen) atoms. The van der Waals surface area contributed by atoms with Crippen LogP contribution in [-0.2, 0) is 4.74 Å². The quantitative estimate of drug-likeness (QED) is 0.590. The predicted octanol–water partition coefficient (Wildman–Crippen LogP) is 1.85. The van der Waals surface area contributed by atoms with E-state index in [-0.39, 0.29) is 5.41 Å². The summed E-state index contributed by atoms with van der Waals surface area (Å²) in [6.45, 7) is 8.10. The Kier molecular flexibility index (Phi) is 5.75. The zero-order valence-electron chi connectivity index (χ0n) is 11.5. The summed E-state index contributed by atoms with van der Waals surface area (Å²) in [5, 5.41) is 0. The molecule has 1 aliphatic rings. The lowest BCUT2D eigenvalue weighted by molar-refractivity contribution is 0.155. The zero-order chi connectivity index (χ0) is 12.7. The van der Waals surface area contributed by atoms with Crippen molar-refractivity contribution >= 4 is 5.96 Å². The Morgan fingerprint density at radius 3 is 2.53 bits per heavy atom. The molecular weight excluding hydrogens is 214 g/mol. The molecule has 0 amide bonds. The van der Waals surface area contributed by atoms with Crippen molar-refractivity contribution in [1.82, 2.24) is 4.90 Å². The van der Waals surface area contributed by atoms with E-state index in [1.54, 1.807) is 7.11 Å². The number of guanidine groups is 1. The first-order valence-electron chi connectivity index (χ1n) is 6.59. The number of likely N-dealkylation sites (tertiary alicyclic amines) is 1. The van der Waals surface area contributed by atoms with Gasteiger partial charge in [0, 0.05) is 33.4 Å². The molecule has 0 radical (unpaired) electrons. The lowest BCUT2D eigenvalue weighted by Gasteiger charge is -2.29. The summed E-state index contributed by atoms with van der Waals surface area (Å²) >= 11 is 0. The number of methoxy groups -OCH3 is 1. The van der Waals surface area contributed by atoms with Crippen LogP contribution in [0.2, 0.25) is 0 Å². The summed E-state index contributed by atoms with van der Waals surface area (Å²) in [6, 6.07) is 0. The van der Waals surface area contributed by atoms with E-state index in [1.807, 2.05) is 0 Å². The molecule has 4 heteroatoms. The van der Waals surface area contributed by atoms with E-state index in [0.717, 1.165) is 38.6 Å². The first-order chi connectivity index (χ1) is 8.05. The van der Waals surface area contributed by atoms with Crippen LogP contribution < -0.4 is 5.73 Å². The second-order valence-corrected chi connectivity index (χ2v) is 5.63. The molecule has 0 aliphatic carbocycles. The van der Waals surface area contributed by atoms with Gasteiger partial charge in [-0.15, -0.1) is 0 Å². The molecule has 0 spiro atoms. The van der Waals surface area contributed by atoms with Crippen LogP contribution in [-0.4, -0.2) is 44.2 Å². The molecule has 0 saturated carbocycles. The molecule has 100 valence electrons. The highest BCUT2D eigenvalue weighted by Gasteiger charge is 2.18. The first-order valence-corrected chi connectivity index (χ1v) is 6.59. The second kappa shape index (κ2) is 6.84. The van der Waals surface area contributed by atoms with Crippen LogP contribution in [0.5, 0.6) is 0 Å². The summed E-state index contributed by atoms with van der Waals surface area (Å²) in [7, 11) is 1.74. The van der Waals surface area contributed by atoms with Gasteiger partial charge in [0.25, 0.3) is 0 Å². The van der Waals surface area contributed by atoms with Crippen molar-refractivity contribution in [3.05, 3.63) is 0 Å². The average molecular weight is 241 g/mol. The zero-order valence-corrected chi connectivity index (χ0v) is 11.5. The molecule has 0 atom stereocenters. The normalized spacial score (nSPS) is 18.5. The lowest BCUT2D eigenvalue weighted by atomic mass is 9.90. The van der Waals surface area contributed by atoms with Crippen LogP contribution in [0.15, 0.2) is 4.99 Å². The van der Waals surface area contributed by atoms with Crippen LogP contribution in [0.1, 0.15) is 39.5 Å². The Bertz CT molecular complexity index is 245. The molecule has 1 heterocycles. The van der Waals surface area contributed by atoms with Crippen LogP contribution in [0.25, 0.3) is 0 Å². The summed E-state index contributed by atoms with van der Waals surface area (Å²) < 4.78 is 5.11.